The number of sulfonamides is 1. The second-order valence-electron chi connectivity index (χ2n) is 7.08. The lowest BCUT2D eigenvalue weighted by Crippen LogP contribution is -2.40. The standard InChI is InChI=1S/C20H25NO5S/c1-14-10-11-16(19(23)26-4)12-17(14)27(24,25)21-18(20(2,3)13-22)15-8-6-5-7-9-15/h5-12,18,21-22H,13H2,1-4H3. The van der Waals surface area contributed by atoms with Crippen LogP contribution in [0.2, 0.25) is 0 Å². The van der Waals surface area contributed by atoms with Gasteiger partial charge in [-0.1, -0.05) is 50.2 Å². The molecule has 7 heteroatoms. The Kier molecular flexibility index (Phi) is 6.41. The molecule has 0 saturated carbocycles. The molecular weight excluding hydrogens is 366 g/mol. The van der Waals surface area contributed by atoms with E-state index in [9.17, 15) is 18.3 Å². The topological polar surface area (TPSA) is 92.7 Å². The monoisotopic (exact) mass is 391 g/mol. The predicted octanol–water partition coefficient (Wildman–Crippen LogP) is 2.82. The van der Waals surface area contributed by atoms with Crippen molar-refractivity contribution in [1.82, 2.24) is 4.72 Å². The maximum Gasteiger partial charge on any atom is 0.337 e. The van der Waals surface area contributed by atoms with Crippen molar-refractivity contribution < 1.29 is 23.1 Å². The van der Waals surface area contributed by atoms with Gasteiger partial charge in [0.25, 0.3) is 0 Å². The van der Waals surface area contributed by atoms with Crippen LogP contribution >= 0.6 is 0 Å². The van der Waals surface area contributed by atoms with Gasteiger partial charge < -0.3 is 9.84 Å². The second kappa shape index (κ2) is 8.21. The summed E-state index contributed by atoms with van der Waals surface area (Å²) < 4.78 is 33.6. The lowest BCUT2D eigenvalue weighted by Gasteiger charge is -2.33. The van der Waals surface area contributed by atoms with Crippen molar-refractivity contribution in [3.63, 3.8) is 0 Å². The van der Waals surface area contributed by atoms with Crippen LogP contribution in [-0.4, -0.2) is 33.2 Å². The van der Waals surface area contributed by atoms with E-state index in [0.29, 0.717) is 5.56 Å². The van der Waals surface area contributed by atoms with Crippen molar-refractivity contribution in [1.29, 1.82) is 0 Å². The van der Waals surface area contributed by atoms with Crippen LogP contribution in [-0.2, 0) is 14.8 Å². The molecular formula is C20H25NO5S. The number of benzene rings is 2. The predicted molar refractivity (Wildman–Crippen MR) is 103 cm³/mol. The Morgan fingerprint density at radius 1 is 1.19 bits per heavy atom. The average molecular weight is 391 g/mol. The number of ether oxygens (including phenoxy) is 1. The molecule has 0 radical (unpaired) electrons. The lowest BCUT2D eigenvalue weighted by molar-refractivity contribution is 0.0600. The molecule has 1 unspecified atom stereocenters. The molecule has 2 aromatic carbocycles. The van der Waals surface area contributed by atoms with Gasteiger partial charge in [0.2, 0.25) is 10.0 Å². The smallest absolute Gasteiger partial charge is 0.337 e. The first-order valence-electron chi connectivity index (χ1n) is 8.49. The Balaban J connectivity index is 2.50. The fourth-order valence-electron chi connectivity index (χ4n) is 2.77. The molecule has 0 bridgehead atoms. The number of carbonyl (C=O) groups excluding carboxylic acids is 1. The SMILES string of the molecule is COC(=O)c1ccc(C)c(S(=O)(=O)NC(c2ccccc2)C(C)(C)CO)c1. The Morgan fingerprint density at radius 3 is 2.37 bits per heavy atom. The van der Waals surface area contributed by atoms with E-state index in [-0.39, 0.29) is 17.1 Å². The summed E-state index contributed by atoms with van der Waals surface area (Å²) in [5.74, 6) is -0.609. The van der Waals surface area contributed by atoms with E-state index in [2.05, 4.69) is 9.46 Å². The van der Waals surface area contributed by atoms with Crippen LogP contribution in [0.15, 0.2) is 53.4 Å². The van der Waals surface area contributed by atoms with Crippen LogP contribution in [0, 0.1) is 12.3 Å². The summed E-state index contributed by atoms with van der Waals surface area (Å²) in [4.78, 5) is 11.8. The van der Waals surface area contributed by atoms with Crippen LogP contribution in [0.25, 0.3) is 0 Å². The third kappa shape index (κ3) is 4.74. The average Bonchev–Trinajstić information content (AvgIpc) is 2.66. The molecule has 2 rings (SSSR count). The molecule has 146 valence electrons. The van der Waals surface area contributed by atoms with Gasteiger partial charge in [-0.3, -0.25) is 0 Å². The van der Waals surface area contributed by atoms with Gasteiger partial charge in [0.15, 0.2) is 0 Å². The maximum absolute atomic E-state index is 13.1. The zero-order valence-corrected chi connectivity index (χ0v) is 16.7. The number of aliphatic hydroxyl groups excluding tert-OH is 1. The number of rotatable bonds is 7. The van der Waals surface area contributed by atoms with Crippen molar-refractivity contribution >= 4 is 16.0 Å². The van der Waals surface area contributed by atoms with Gasteiger partial charge >= 0.3 is 5.97 Å². The Bertz CT molecular complexity index is 907. The van der Waals surface area contributed by atoms with Crippen LogP contribution in [0.1, 0.15) is 41.4 Å². The highest BCUT2D eigenvalue weighted by Gasteiger charge is 2.34. The van der Waals surface area contributed by atoms with Crippen molar-refractivity contribution in [2.75, 3.05) is 13.7 Å². The van der Waals surface area contributed by atoms with Crippen LogP contribution in [0.5, 0.6) is 0 Å². The van der Waals surface area contributed by atoms with E-state index >= 15 is 0 Å². The quantitative estimate of drug-likeness (QED) is 0.708. The number of aryl methyl sites for hydroxylation is 1. The maximum atomic E-state index is 13.1. The van der Waals surface area contributed by atoms with Gasteiger partial charge in [-0.25, -0.2) is 17.9 Å². The number of carbonyl (C=O) groups is 1. The number of nitrogens with one attached hydrogen (secondary N) is 1. The summed E-state index contributed by atoms with van der Waals surface area (Å²) in [6.07, 6.45) is 0. The Labute approximate surface area is 160 Å². The van der Waals surface area contributed by atoms with E-state index in [1.807, 2.05) is 30.3 Å². The van der Waals surface area contributed by atoms with E-state index in [4.69, 9.17) is 0 Å². The number of hydrogen-bond donors (Lipinski definition) is 2. The summed E-state index contributed by atoms with van der Waals surface area (Å²) in [7, 11) is -2.72. The highest BCUT2D eigenvalue weighted by molar-refractivity contribution is 7.89. The fraction of sp³-hybridized carbons (Fsp3) is 0.350. The molecule has 0 heterocycles. The fourth-order valence-corrected chi connectivity index (χ4v) is 4.44. The zero-order chi connectivity index (χ0) is 20.2. The Hall–Kier alpha value is -2.22. The summed E-state index contributed by atoms with van der Waals surface area (Å²) in [6, 6.07) is 12.8. The van der Waals surface area contributed by atoms with Gasteiger partial charge in [0, 0.05) is 5.41 Å². The molecule has 0 saturated heterocycles. The molecule has 0 aliphatic rings. The molecule has 2 N–H and O–H groups in total. The summed E-state index contributed by atoms with van der Waals surface area (Å²) in [6.45, 7) is 5.01. The molecule has 6 nitrogen and oxygen atoms in total. The molecule has 0 amide bonds. The van der Waals surface area contributed by atoms with Gasteiger partial charge in [-0.2, -0.15) is 0 Å². The minimum absolute atomic E-state index is 0.0000657. The number of methoxy groups -OCH3 is 1. The number of hydrogen-bond acceptors (Lipinski definition) is 5. The summed E-state index contributed by atoms with van der Waals surface area (Å²) in [5.41, 5.74) is 0.647. The number of aliphatic hydroxyl groups is 1. The molecule has 27 heavy (non-hydrogen) atoms. The largest absolute Gasteiger partial charge is 0.465 e. The summed E-state index contributed by atoms with van der Waals surface area (Å²) >= 11 is 0. The molecule has 0 fully saturated rings. The lowest BCUT2D eigenvalue weighted by atomic mass is 9.82. The normalized spacial score (nSPS) is 13.2. The molecule has 2 aromatic rings. The van der Waals surface area contributed by atoms with E-state index in [1.165, 1.54) is 19.2 Å². The van der Waals surface area contributed by atoms with Crippen molar-refractivity contribution in [3.8, 4) is 0 Å². The van der Waals surface area contributed by atoms with Gasteiger partial charge in [0.1, 0.15) is 0 Å². The van der Waals surface area contributed by atoms with Crippen LogP contribution < -0.4 is 4.72 Å². The van der Waals surface area contributed by atoms with Crippen molar-refractivity contribution in [2.45, 2.75) is 31.7 Å². The van der Waals surface area contributed by atoms with E-state index < -0.39 is 27.4 Å². The first-order chi connectivity index (χ1) is 12.6. The highest BCUT2D eigenvalue weighted by Crippen LogP contribution is 2.34. The molecule has 0 aliphatic carbocycles. The minimum atomic E-state index is -3.96. The Morgan fingerprint density at radius 2 is 1.81 bits per heavy atom. The van der Waals surface area contributed by atoms with Crippen LogP contribution in [0.3, 0.4) is 0 Å². The van der Waals surface area contributed by atoms with Gasteiger partial charge in [0.05, 0.1) is 30.2 Å². The second-order valence-corrected chi connectivity index (χ2v) is 8.77. The first kappa shape index (κ1) is 21.1. The highest BCUT2D eigenvalue weighted by atomic mass is 32.2. The van der Waals surface area contributed by atoms with Crippen LogP contribution in [0.4, 0.5) is 0 Å². The van der Waals surface area contributed by atoms with E-state index in [1.54, 1.807) is 26.8 Å². The first-order valence-corrected chi connectivity index (χ1v) is 9.98. The van der Waals surface area contributed by atoms with Crippen molar-refractivity contribution in [3.05, 3.63) is 65.2 Å². The van der Waals surface area contributed by atoms with Crippen molar-refractivity contribution in [2.24, 2.45) is 5.41 Å². The van der Waals surface area contributed by atoms with E-state index in [0.717, 1.165) is 5.56 Å². The number of esters is 1. The molecule has 1 atom stereocenters. The molecule has 0 aromatic heterocycles. The van der Waals surface area contributed by atoms with Gasteiger partial charge in [-0.05, 0) is 30.2 Å². The third-order valence-electron chi connectivity index (χ3n) is 4.49. The van der Waals surface area contributed by atoms with Gasteiger partial charge in [-0.15, -0.1) is 0 Å². The molecule has 0 spiro atoms. The minimum Gasteiger partial charge on any atom is -0.465 e. The summed E-state index contributed by atoms with van der Waals surface area (Å²) in [5, 5.41) is 9.80. The zero-order valence-electron chi connectivity index (χ0n) is 15.9. The third-order valence-corrected chi connectivity index (χ3v) is 6.06. The molecule has 0 aliphatic heterocycles.